The highest BCUT2D eigenvalue weighted by atomic mass is 16.5. The van der Waals surface area contributed by atoms with Gasteiger partial charge in [-0.2, -0.15) is 0 Å². The highest BCUT2D eigenvalue weighted by Crippen LogP contribution is 2.20. The molecule has 0 spiro atoms. The quantitative estimate of drug-likeness (QED) is 0.899. The molecule has 0 aromatic heterocycles. The highest BCUT2D eigenvalue weighted by molar-refractivity contribution is 5.78. The van der Waals surface area contributed by atoms with Crippen molar-refractivity contribution in [1.29, 1.82) is 0 Å². The van der Waals surface area contributed by atoms with Gasteiger partial charge in [-0.25, -0.2) is 0 Å². The summed E-state index contributed by atoms with van der Waals surface area (Å²) in [5.74, 6) is 0.489. The van der Waals surface area contributed by atoms with Crippen molar-refractivity contribution in [3.05, 3.63) is 24.3 Å². The van der Waals surface area contributed by atoms with Gasteiger partial charge in [0.15, 0.2) is 0 Å². The number of carbonyl (C=O) groups excluding carboxylic acids is 1. The Morgan fingerprint density at radius 1 is 1.08 bits per heavy atom. The summed E-state index contributed by atoms with van der Waals surface area (Å²) in [4.78, 5) is 19.0. The van der Waals surface area contributed by atoms with Crippen LogP contribution in [0, 0.1) is 0 Å². The molecule has 0 radical (unpaired) electrons. The first kappa shape index (κ1) is 17.0. The number of aromatic hydroxyl groups is 1. The minimum atomic E-state index is 0.188. The molecule has 0 unspecified atom stereocenters. The number of ether oxygens (including phenoxy) is 1. The van der Waals surface area contributed by atoms with Crippen LogP contribution in [0.4, 0.5) is 5.69 Å². The average molecular weight is 333 g/mol. The molecular weight excluding hydrogens is 306 g/mol. The second kappa shape index (κ2) is 7.40. The lowest BCUT2D eigenvalue weighted by Gasteiger charge is -2.39. The first-order valence-corrected chi connectivity index (χ1v) is 8.71. The Morgan fingerprint density at radius 2 is 1.67 bits per heavy atom. The molecule has 2 saturated heterocycles. The third-order valence-electron chi connectivity index (χ3n) is 4.70. The van der Waals surface area contributed by atoms with E-state index in [1.54, 1.807) is 12.1 Å². The number of phenolic OH excluding ortho intramolecular Hbond substituents is 1. The van der Waals surface area contributed by atoms with Crippen molar-refractivity contribution >= 4 is 11.6 Å². The fourth-order valence-electron chi connectivity index (χ4n) is 3.58. The molecule has 0 bridgehead atoms. The maximum Gasteiger partial charge on any atom is 0.236 e. The SMILES string of the molecule is C[C@@H]1CN(CC(=O)N2CCN(c3ccc(O)cc3)CC2)C[C@H](C)O1. The number of piperazine rings is 1. The van der Waals surface area contributed by atoms with Gasteiger partial charge in [0.25, 0.3) is 0 Å². The first-order valence-electron chi connectivity index (χ1n) is 8.71. The summed E-state index contributed by atoms with van der Waals surface area (Å²) in [7, 11) is 0. The maximum atomic E-state index is 12.6. The van der Waals surface area contributed by atoms with Gasteiger partial charge in [-0.05, 0) is 38.1 Å². The summed E-state index contributed by atoms with van der Waals surface area (Å²) < 4.78 is 5.72. The molecule has 1 amide bonds. The number of nitrogens with zero attached hydrogens (tertiary/aromatic N) is 3. The monoisotopic (exact) mass is 333 g/mol. The molecule has 0 aliphatic carbocycles. The van der Waals surface area contributed by atoms with E-state index in [0.29, 0.717) is 6.54 Å². The van der Waals surface area contributed by atoms with Crippen molar-refractivity contribution in [2.45, 2.75) is 26.1 Å². The van der Waals surface area contributed by atoms with Gasteiger partial charge in [0.2, 0.25) is 5.91 Å². The zero-order chi connectivity index (χ0) is 17.1. The predicted molar refractivity (Wildman–Crippen MR) is 93.3 cm³/mol. The van der Waals surface area contributed by atoms with E-state index in [1.807, 2.05) is 17.0 Å². The number of amides is 1. The summed E-state index contributed by atoms with van der Waals surface area (Å²) in [5, 5.41) is 9.38. The van der Waals surface area contributed by atoms with Gasteiger partial charge in [-0.15, -0.1) is 0 Å². The Bertz CT molecular complexity index is 545. The molecule has 132 valence electrons. The molecule has 1 N–H and O–H groups in total. The number of rotatable bonds is 3. The molecule has 6 nitrogen and oxygen atoms in total. The predicted octanol–water partition coefficient (Wildman–Crippen LogP) is 1.15. The second-order valence-corrected chi connectivity index (χ2v) is 6.84. The minimum Gasteiger partial charge on any atom is -0.508 e. The number of benzene rings is 1. The summed E-state index contributed by atoms with van der Waals surface area (Å²) in [6.45, 7) is 9.39. The Balaban J connectivity index is 1.49. The number of anilines is 1. The van der Waals surface area contributed by atoms with E-state index in [1.165, 1.54) is 0 Å². The summed E-state index contributed by atoms with van der Waals surface area (Å²) in [6, 6.07) is 7.24. The fraction of sp³-hybridized carbons (Fsp3) is 0.611. The van der Waals surface area contributed by atoms with E-state index in [9.17, 15) is 9.90 Å². The van der Waals surface area contributed by atoms with E-state index in [0.717, 1.165) is 45.0 Å². The van der Waals surface area contributed by atoms with E-state index < -0.39 is 0 Å². The van der Waals surface area contributed by atoms with Crippen LogP contribution in [0.25, 0.3) is 0 Å². The lowest BCUT2D eigenvalue weighted by Crippen LogP contribution is -2.53. The summed E-state index contributed by atoms with van der Waals surface area (Å²) in [5.41, 5.74) is 1.09. The van der Waals surface area contributed by atoms with Crippen molar-refractivity contribution in [2.24, 2.45) is 0 Å². The van der Waals surface area contributed by atoms with Gasteiger partial charge >= 0.3 is 0 Å². The topological polar surface area (TPSA) is 56.3 Å². The first-order chi connectivity index (χ1) is 11.5. The van der Waals surface area contributed by atoms with Crippen LogP contribution >= 0.6 is 0 Å². The van der Waals surface area contributed by atoms with Crippen molar-refractivity contribution < 1.29 is 14.6 Å². The lowest BCUT2D eigenvalue weighted by atomic mass is 10.2. The van der Waals surface area contributed by atoms with Crippen molar-refractivity contribution in [1.82, 2.24) is 9.80 Å². The van der Waals surface area contributed by atoms with Crippen molar-refractivity contribution in [2.75, 3.05) is 50.7 Å². The Morgan fingerprint density at radius 3 is 2.25 bits per heavy atom. The van der Waals surface area contributed by atoms with Gasteiger partial charge < -0.3 is 19.6 Å². The molecule has 0 saturated carbocycles. The van der Waals surface area contributed by atoms with Crippen LogP contribution in [0.1, 0.15) is 13.8 Å². The smallest absolute Gasteiger partial charge is 0.236 e. The molecule has 1 aromatic carbocycles. The van der Waals surface area contributed by atoms with Gasteiger partial charge in [0.1, 0.15) is 5.75 Å². The number of hydrogen-bond donors (Lipinski definition) is 1. The summed E-state index contributed by atoms with van der Waals surface area (Å²) >= 11 is 0. The van der Waals surface area contributed by atoms with E-state index in [-0.39, 0.29) is 23.9 Å². The third kappa shape index (κ3) is 4.19. The Hall–Kier alpha value is -1.79. The van der Waals surface area contributed by atoms with Crippen LogP contribution in [0.15, 0.2) is 24.3 Å². The number of morpholine rings is 1. The molecule has 2 atom stereocenters. The van der Waals surface area contributed by atoms with E-state index in [4.69, 9.17) is 4.74 Å². The largest absolute Gasteiger partial charge is 0.508 e. The number of carbonyl (C=O) groups is 1. The van der Waals surface area contributed by atoms with Crippen LogP contribution < -0.4 is 4.90 Å². The van der Waals surface area contributed by atoms with Gasteiger partial charge in [0, 0.05) is 45.0 Å². The molecule has 1 aromatic rings. The molecule has 6 heteroatoms. The highest BCUT2D eigenvalue weighted by Gasteiger charge is 2.27. The molecular formula is C18H27N3O3. The lowest BCUT2D eigenvalue weighted by molar-refractivity contribution is -0.136. The zero-order valence-corrected chi connectivity index (χ0v) is 14.5. The number of hydrogen-bond acceptors (Lipinski definition) is 5. The van der Waals surface area contributed by atoms with Crippen LogP contribution in [0.3, 0.4) is 0 Å². The van der Waals surface area contributed by atoms with Crippen LogP contribution in [0.2, 0.25) is 0 Å². The van der Waals surface area contributed by atoms with E-state index >= 15 is 0 Å². The van der Waals surface area contributed by atoms with Gasteiger partial charge in [-0.3, -0.25) is 9.69 Å². The second-order valence-electron chi connectivity index (χ2n) is 6.84. The molecule has 24 heavy (non-hydrogen) atoms. The molecule has 2 aliphatic rings. The zero-order valence-electron chi connectivity index (χ0n) is 14.5. The molecule has 2 aliphatic heterocycles. The van der Waals surface area contributed by atoms with Crippen molar-refractivity contribution in [3.63, 3.8) is 0 Å². The average Bonchev–Trinajstić information content (AvgIpc) is 2.55. The van der Waals surface area contributed by atoms with E-state index in [2.05, 4.69) is 23.6 Å². The van der Waals surface area contributed by atoms with Crippen LogP contribution in [-0.4, -0.2) is 78.8 Å². The normalized spacial score (nSPS) is 25.8. The number of phenols is 1. The van der Waals surface area contributed by atoms with Gasteiger partial charge in [-0.1, -0.05) is 0 Å². The standard InChI is InChI=1S/C18H27N3O3/c1-14-11-19(12-15(2)24-14)13-18(23)21-9-7-20(8-10-21)16-3-5-17(22)6-4-16/h3-6,14-15,22H,7-13H2,1-2H3/t14-,15+. The Kier molecular flexibility index (Phi) is 5.26. The fourth-order valence-corrected chi connectivity index (χ4v) is 3.58. The molecule has 2 heterocycles. The Labute approximate surface area is 143 Å². The maximum absolute atomic E-state index is 12.6. The van der Waals surface area contributed by atoms with Gasteiger partial charge in [0.05, 0.1) is 18.8 Å². The third-order valence-corrected chi connectivity index (χ3v) is 4.70. The minimum absolute atomic E-state index is 0.188. The van der Waals surface area contributed by atoms with Crippen molar-refractivity contribution in [3.8, 4) is 5.75 Å². The van der Waals surface area contributed by atoms with Crippen LogP contribution in [0.5, 0.6) is 5.75 Å². The molecule has 3 rings (SSSR count). The molecule has 2 fully saturated rings. The summed E-state index contributed by atoms with van der Waals surface area (Å²) in [6.07, 6.45) is 0.376. The van der Waals surface area contributed by atoms with Crippen LogP contribution in [-0.2, 0) is 9.53 Å².